The summed E-state index contributed by atoms with van der Waals surface area (Å²) in [6.07, 6.45) is 3.99. The highest BCUT2D eigenvalue weighted by molar-refractivity contribution is 5.87. The minimum absolute atomic E-state index is 0.0367. The molecule has 1 N–H and O–H groups in total. The molecule has 0 radical (unpaired) electrons. The van der Waals surface area contributed by atoms with E-state index in [1.807, 2.05) is 24.3 Å². The third kappa shape index (κ3) is 4.72. The van der Waals surface area contributed by atoms with Gasteiger partial charge in [0.25, 0.3) is 0 Å². The summed E-state index contributed by atoms with van der Waals surface area (Å²) in [6.45, 7) is 4.05. The molecule has 1 aromatic rings. The van der Waals surface area contributed by atoms with E-state index in [0.717, 1.165) is 43.6 Å². The van der Waals surface area contributed by atoms with Gasteiger partial charge in [0, 0.05) is 26.6 Å². The van der Waals surface area contributed by atoms with Gasteiger partial charge in [-0.1, -0.05) is 12.1 Å². The lowest BCUT2D eigenvalue weighted by atomic mass is 10.2. The molecule has 0 spiro atoms. The van der Waals surface area contributed by atoms with Crippen molar-refractivity contribution in [3.8, 4) is 5.75 Å². The second-order valence-electron chi connectivity index (χ2n) is 6.68. The number of ether oxygens (including phenoxy) is 2. The quantitative estimate of drug-likeness (QED) is 0.854. The maximum Gasteiger partial charge on any atom is 0.243 e. The van der Waals surface area contributed by atoms with Crippen molar-refractivity contribution in [1.82, 2.24) is 10.2 Å². The Kier molecular flexibility index (Phi) is 5.91. The second kappa shape index (κ2) is 8.34. The smallest absolute Gasteiger partial charge is 0.243 e. The van der Waals surface area contributed by atoms with Crippen LogP contribution in [-0.4, -0.2) is 48.6 Å². The Morgan fingerprint density at radius 1 is 1.24 bits per heavy atom. The van der Waals surface area contributed by atoms with Crippen LogP contribution in [0, 0.1) is 0 Å². The zero-order chi connectivity index (χ0) is 17.6. The van der Waals surface area contributed by atoms with E-state index in [1.165, 1.54) is 6.92 Å². The first-order valence-electron chi connectivity index (χ1n) is 9.02. The van der Waals surface area contributed by atoms with Gasteiger partial charge >= 0.3 is 0 Å². The van der Waals surface area contributed by atoms with Crippen LogP contribution in [0.15, 0.2) is 24.3 Å². The Morgan fingerprint density at radius 3 is 2.72 bits per heavy atom. The van der Waals surface area contributed by atoms with E-state index in [-0.39, 0.29) is 24.0 Å². The summed E-state index contributed by atoms with van der Waals surface area (Å²) in [7, 11) is 0. The van der Waals surface area contributed by atoms with Crippen LogP contribution in [-0.2, 0) is 20.9 Å². The third-order valence-electron chi connectivity index (χ3n) is 4.81. The number of rotatable bonds is 6. The van der Waals surface area contributed by atoms with Crippen LogP contribution < -0.4 is 10.1 Å². The van der Waals surface area contributed by atoms with Gasteiger partial charge in [-0.3, -0.25) is 9.59 Å². The lowest BCUT2D eigenvalue weighted by Gasteiger charge is -2.22. The molecule has 2 amide bonds. The van der Waals surface area contributed by atoms with E-state index < -0.39 is 0 Å². The molecule has 3 rings (SSSR count). The first kappa shape index (κ1) is 17.7. The lowest BCUT2D eigenvalue weighted by Crippen LogP contribution is -2.44. The highest BCUT2D eigenvalue weighted by atomic mass is 16.5. The van der Waals surface area contributed by atoms with Gasteiger partial charge in [0.15, 0.2) is 0 Å². The summed E-state index contributed by atoms with van der Waals surface area (Å²) >= 11 is 0. The van der Waals surface area contributed by atoms with Gasteiger partial charge in [-0.05, 0) is 43.4 Å². The molecule has 6 nitrogen and oxygen atoms in total. The molecule has 136 valence electrons. The molecule has 0 bridgehead atoms. The van der Waals surface area contributed by atoms with Gasteiger partial charge in [0.1, 0.15) is 18.4 Å². The molecule has 0 saturated carbocycles. The average Bonchev–Trinajstić information content (AvgIpc) is 3.30. The van der Waals surface area contributed by atoms with E-state index in [9.17, 15) is 9.59 Å². The fraction of sp³-hybridized carbons (Fsp3) is 0.579. The van der Waals surface area contributed by atoms with Crippen LogP contribution in [0.2, 0.25) is 0 Å². The molecule has 0 aromatic heterocycles. The van der Waals surface area contributed by atoms with E-state index in [1.54, 1.807) is 4.90 Å². The number of carbonyl (C=O) groups excluding carboxylic acids is 2. The molecule has 1 aromatic carbocycles. The van der Waals surface area contributed by atoms with Crippen LogP contribution in [0.25, 0.3) is 0 Å². The van der Waals surface area contributed by atoms with Crippen molar-refractivity contribution in [3.63, 3.8) is 0 Å². The minimum Gasteiger partial charge on any atom is -0.491 e. The molecular weight excluding hydrogens is 320 g/mol. The molecular formula is C19H26N2O4. The Balaban J connectivity index is 1.45. The Labute approximate surface area is 148 Å². The SMILES string of the molecule is CC(=O)N1CCCC1C(=O)NCc1ccc(OCC2CCCO2)cc1. The van der Waals surface area contributed by atoms with E-state index >= 15 is 0 Å². The second-order valence-corrected chi connectivity index (χ2v) is 6.68. The summed E-state index contributed by atoms with van der Waals surface area (Å²) in [5, 5.41) is 2.93. The lowest BCUT2D eigenvalue weighted by molar-refractivity contribution is -0.136. The molecule has 2 unspecified atom stereocenters. The Hall–Kier alpha value is -2.08. The van der Waals surface area contributed by atoms with Crippen LogP contribution in [0.5, 0.6) is 5.75 Å². The zero-order valence-electron chi connectivity index (χ0n) is 14.7. The topological polar surface area (TPSA) is 67.9 Å². The van der Waals surface area contributed by atoms with Crippen LogP contribution in [0.1, 0.15) is 38.2 Å². The Bertz CT molecular complexity index is 596. The molecule has 2 aliphatic heterocycles. The van der Waals surface area contributed by atoms with Gasteiger partial charge in [0.05, 0.1) is 6.10 Å². The first-order chi connectivity index (χ1) is 12.1. The summed E-state index contributed by atoms with van der Waals surface area (Å²) in [5.74, 6) is 0.695. The van der Waals surface area contributed by atoms with Crippen molar-refractivity contribution in [2.75, 3.05) is 19.8 Å². The normalized spacial score (nSPS) is 22.8. The summed E-state index contributed by atoms with van der Waals surface area (Å²) in [5.41, 5.74) is 1.00. The van der Waals surface area contributed by atoms with E-state index in [2.05, 4.69) is 5.32 Å². The fourth-order valence-electron chi connectivity index (χ4n) is 3.39. The van der Waals surface area contributed by atoms with Gasteiger partial charge in [-0.15, -0.1) is 0 Å². The average molecular weight is 346 g/mol. The van der Waals surface area contributed by atoms with Crippen molar-refractivity contribution < 1.29 is 19.1 Å². The van der Waals surface area contributed by atoms with Gasteiger partial charge < -0.3 is 19.7 Å². The van der Waals surface area contributed by atoms with Crippen LogP contribution >= 0.6 is 0 Å². The largest absolute Gasteiger partial charge is 0.491 e. The van der Waals surface area contributed by atoms with Gasteiger partial charge in [0.2, 0.25) is 11.8 Å². The number of nitrogens with one attached hydrogen (secondary N) is 1. The zero-order valence-corrected chi connectivity index (χ0v) is 14.7. The molecule has 2 atom stereocenters. The monoisotopic (exact) mass is 346 g/mol. The van der Waals surface area contributed by atoms with Gasteiger partial charge in [-0.2, -0.15) is 0 Å². The Morgan fingerprint density at radius 2 is 2.04 bits per heavy atom. The van der Waals surface area contributed by atoms with Crippen molar-refractivity contribution in [2.45, 2.75) is 51.3 Å². The predicted molar refractivity (Wildman–Crippen MR) is 93.2 cm³/mol. The van der Waals surface area contributed by atoms with E-state index in [4.69, 9.17) is 9.47 Å². The molecule has 25 heavy (non-hydrogen) atoms. The van der Waals surface area contributed by atoms with Crippen molar-refractivity contribution in [3.05, 3.63) is 29.8 Å². The third-order valence-corrected chi connectivity index (χ3v) is 4.81. The van der Waals surface area contributed by atoms with Gasteiger partial charge in [-0.25, -0.2) is 0 Å². The fourth-order valence-corrected chi connectivity index (χ4v) is 3.39. The maximum absolute atomic E-state index is 12.3. The molecule has 6 heteroatoms. The van der Waals surface area contributed by atoms with Crippen molar-refractivity contribution >= 4 is 11.8 Å². The number of nitrogens with zero attached hydrogens (tertiary/aromatic N) is 1. The number of carbonyl (C=O) groups is 2. The molecule has 0 aliphatic carbocycles. The molecule has 2 aliphatic rings. The summed E-state index contributed by atoms with van der Waals surface area (Å²) in [4.78, 5) is 25.5. The summed E-state index contributed by atoms with van der Waals surface area (Å²) in [6, 6.07) is 7.39. The molecule has 2 heterocycles. The standard InChI is InChI=1S/C19H26N2O4/c1-14(22)21-10-2-5-18(21)19(23)20-12-15-6-8-16(9-7-15)25-13-17-4-3-11-24-17/h6-9,17-18H,2-5,10-13H2,1H3,(H,20,23). The number of amides is 2. The highest BCUT2D eigenvalue weighted by Gasteiger charge is 2.31. The highest BCUT2D eigenvalue weighted by Crippen LogP contribution is 2.18. The van der Waals surface area contributed by atoms with Crippen molar-refractivity contribution in [2.24, 2.45) is 0 Å². The maximum atomic E-state index is 12.3. The van der Waals surface area contributed by atoms with Crippen LogP contribution in [0.4, 0.5) is 0 Å². The van der Waals surface area contributed by atoms with Crippen molar-refractivity contribution in [1.29, 1.82) is 0 Å². The minimum atomic E-state index is -0.327. The predicted octanol–water partition coefficient (Wildman–Crippen LogP) is 1.87. The number of hydrogen-bond acceptors (Lipinski definition) is 4. The first-order valence-corrected chi connectivity index (χ1v) is 9.02. The molecule has 2 fully saturated rings. The number of likely N-dealkylation sites (tertiary alicyclic amines) is 1. The van der Waals surface area contributed by atoms with E-state index in [0.29, 0.717) is 19.7 Å². The number of hydrogen-bond donors (Lipinski definition) is 1. The van der Waals surface area contributed by atoms with Crippen LogP contribution in [0.3, 0.4) is 0 Å². The molecule has 2 saturated heterocycles. The summed E-state index contributed by atoms with van der Waals surface area (Å²) < 4.78 is 11.3. The number of benzene rings is 1.